The van der Waals surface area contributed by atoms with Gasteiger partial charge in [0, 0.05) is 35.8 Å². The monoisotopic (exact) mass is 430 g/mol. The Balaban J connectivity index is 1.68. The van der Waals surface area contributed by atoms with Gasteiger partial charge in [-0.25, -0.2) is 4.39 Å². The summed E-state index contributed by atoms with van der Waals surface area (Å²) in [5.41, 5.74) is 0.325. The van der Waals surface area contributed by atoms with E-state index in [2.05, 4.69) is 25.6 Å². The lowest BCUT2D eigenvalue weighted by Crippen LogP contribution is -2.16. The molecule has 10 heteroatoms. The van der Waals surface area contributed by atoms with Gasteiger partial charge in [-0.1, -0.05) is 0 Å². The van der Waals surface area contributed by atoms with Gasteiger partial charge < -0.3 is 5.32 Å². The number of hydrogen-bond acceptors (Lipinski definition) is 4. The second-order valence-corrected chi connectivity index (χ2v) is 7.66. The topological polar surface area (TPSA) is 71.4 Å². The van der Waals surface area contributed by atoms with Gasteiger partial charge in [-0.2, -0.15) is 23.4 Å². The minimum absolute atomic E-state index is 0.102. The van der Waals surface area contributed by atoms with Crippen molar-refractivity contribution in [2.45, 2.75) is 25.1 Å². The molecular formula is C21H18F4N6. The van der Waals surface area contributed by atoms with Crippen LogP contribution in [0.4, 0.5) is 17.6 Å². The van der Waals surface area contributed by atoms with Gasteiger partial charge in [-0.05, 0) is 43.1 Å². The van der Waals surface area contributed by atoms with Gasteiger partial charge in [0.1, 0.15) is 11.5 Å². The van der Waals surface area contributed by atoms with Crippen molar-refractivity contribution in [3.8, 4) is 22.5 Å². The summed E-state index contributed by atoms with van der Waals surface area (Å²) < 4.78 is 58.5. The third-order valence-electron chi connectivity index (χ3n) is 5.56. The number of nitrogens with zero attached hydrogens (tertiary/aromatic N) is 4. The molecule has 1 atom stereocenters. The lowest BCUT2D eigenvalue weighted by Gasteiger charge is -2.18. The first-order valence-corrected chi connectivity index (χ1v) is 9.79. The van der Waals surface area contributed by atoms with Crippen molar-refractivity contribution in [2.24, 2.45) is 7.05 Å². The van der Waals surface area contributed by atoms with Gasteiger partial charge in [0.15, 0.2) is 0 Å². The molecule has 4 aromatic rings. The van der Waals surface area contributed by atoms with Crippen molar-refractivity contribution < 1.29 is 17.6 Å². The number of alkyl halides is 3. The number of aryl methyl sites for hydroxylation is 1. The summed E-state index contributed by atoms with van der Waals surface area (Å²) >= 11 is 0. The van der Waals surface area contributed by atoms with E-state index in [1.54, 1.807) is 24.1 Å². The number of benzene rings is 1. The smallest absolute Gasteiger partial charge is 0.310 e. The van der Waals surface area contributed by atoms with Gasteiger partial charge in [0.05, 0.1) is 29.2 Å². The molecule has 31 heavy (non-hydrogen) atoms. The highest BCUT2D eigenvalue weighted by Gasteiger charge is 2.37. The Labute approximate surface area is 174 Å². The Hall–Kier alpha value is -3.27. The molecule has 0 amide bonds. The number of halogens is 4. The Kier molecular flexibility index (Phi) is 4.54. The molecular weight excluding hydrogens is 412 g/mol. The number of pyridine rings is 1. The first-order valence-electron chi connectivity index (χ1n) is 9.79. The van der Waals surface area contributed by atoms with E-state index in [4.69, 9.17) is 0 Å². The van der Waals surface area contributed by atoms with Crippen LogP contribution in [0.3, 0.4) is 0 Å². The molecule has 160 valence electrons. The predicted octanol–water partition coefficient (Wildman–Crippen LogP) is 4.61. The molecule has 1 fully saturated rings. The molecule has 1 saturated heterocycles. The van der Waals surface area contributed by atoms with E-state index >= 15 is 4.39 Å². The van der Waals surface area contributed by atoms with E-state index in [0.29, 0.717) is 40.7 Å². The first kappa shape index (κ1) is 19.7. The average Bonchev–Trinajstić information content (AvgIpc) is 3.46. The maximum Gasteiger partial charge on any atom is 0.417 e. The maximum atomic E-state index is 15.1. The van der Waals surface area contributed by atoms with Crippen LogP contribution < -0.4 is 5.32 Å². The third kappa shape index (κ3) is 3.46. The summed E-state index contributed by atoms with van der Waals surface area (Å²) in [5, 5.41) is 14.8. The van der Waals surface area contributed by atoms with Gasteiger partial charge in [0.2, 0.25) is 0 Å². The summed E-state index contributed by atoms with van der Waals surface area (Å²) in [5.74, 6) is -0.947. The van der Waals surface area contributed by atoms with Crippen LogP contribution in [0.5, 0.6) is 0 Å². The van der Waals surface area contributed by atoms with Crippen LogP contribution in [-0.4, -0.2) is 31.5 Å². The normalized spacial score (nSPS) is 17.0. The van der Waals surface area contributed by atoms with Gasteiger partial charge in [0.25, 0.3) is 0 Å². The zero-order valence-corrected chi connectivity index (χ0v) is 16.5. The highest BCUT2D eigenvalue weighted by Crippen LogP contribution is 2.41. The minimum Gasteiger partial charge on any atom is -0.310 e. The Morgan fingerprint density at radius 1 is 1.16 bits per heavy atom. The molecule has 1 aromatic carbocycles. The second-order valence-electron chi connectivity index (χ2n) is 7.66. The van der Waals surface area contributed by atoms with Crippen LogP contribution in [-0.2, 0) is 13.2 Å². The van der Waals surface area contributed by atoms with Crippen LogP contribution in [0.1, 0.15) is 30.0 Å². The molecule has 0 bridgehead atoms. The first-order chi connectivity index (χ1) is 14.8. The van der Waals surface area contributed by atoms with Gasteiger partial charge >= 0.3 is 6.18 Å². The molecule has 6 nitrogen and oxygen atoms in total. The lowest BCUT2D eigenvalue weighted by atomic mass is 9.95. The van der Waals surface area contributed by atoms with Gasteiger partial charge in [-0.15, -0.1) is 0 Å². The van der Waals surface area contributed by atoms with Crippen molar-refractivity contribution in [1.82, 2.24) is 30.3 Å². The number of H-pyrrole nitrogens is 1. The largest absolute Gasteiger partial charge is 0.417 e. The van der Waals surface area contributed by atoms with Crippen molar-refractivity contribution in [3.63, 3.8) is 0 Å². The fourth-order valence-corrected chi connectivity index (χ4v) is 4.10. The summed E-state index contributed by atoms with van der Waals surface area (Å²) in [6.45, 7) is 0.700. The van der Waals surface area contributed by atoms with Gasteiger partial charge in [-0.3, -0.25) is 14.8 Å². The average molecular weight is 430 g/mol. The zero-order valence-electron chi connectivity index (χ0n) is 16.5. The Morgan fingerprint density at radius 2 is 2.00 bits per heavy atom. The SMILES string of the molecule is Cn1cc(-c2n[nH]c3cnc(-c4c(F)cc(C5CCCN5)cc4C(F)(F)F)cc23)cn1. The summed E-state index contributed by atoms with van der Waals surface area (Å²) in [6.07, 6.45) is 1.48. The van der Waals surface area contributed by atoms with E-state index < -0.39 is 23.1 Å². The van der Waals surface area contributed by atoms with Crippen molar-refractivity contribution >= 4 is 10.9 Å². The standard InChI is InChI=1S/C21H18F4N6/c1-31-10-12(8-28-31)20-13-7-17(27-9-18(13)29-30-20)19-14(21(23,24)25)5-11(6-15(19)22)16-3-2-4-26-16/h5-10,16,26H,2-4H2,1H3,(H,29,30). The van der Waals surface area contributed by atoms with Crippen LogP contribution >= 0.6 is 0 Å². The number of rotatable bonds is 3. The van der Waals surface area contributed by atoms with E-state index in [1.807, 2.05) is 0 Å². The van der Waals surface area contributed by atoms with Crippen molar-refractivity contribution in [2.75, 3.05) is 6.54 Å². The van der Waals surface area contributed by atoms with Crippen LogP contribution in [0.25, 0.3) is 33.4 Å². The van der Waals surface area contributed by atoms with Crippen LogP contribution in [0, 0.1) is 5.82 Å². The summed E-state index contributed by atoms with van der Waals surface area (Å²) in [4.78, 5) is 4.10. The predicted molar refractivity (Wildman–Crippen MR) is 106 cm³/mol. The second kappa shape index (κ2) is 7.16. The molecule has 4 heterocycles. The molecule has 1 aliphatic heterocycles. The number of aromatic amines is 1. The molecule has 0 spiro atoms. The zero-order chi connectivity index (χ0) is 21.8. The Bertz CT molecular complexity index is 1270. The van der Waals surface area contributed by atoms with E-state index in [9.17, 15) is 13.2 Å². The number of fused-ring (bicyclic) bond motifs is 1. The van der Waals surface area contributed by atoms with Crippen molar-refractivity contribution in [1.29, 1.82) is 0 Å². The summed E-state index contributed by atoms with van der Waals surface area (Å²) in [6, 6.07) is 3.36. The fraction of sp³-hybridized carbons (Fsp3) is 0.286. The lowest BCUT2D eigenvalue weighted by molar-refractivity contribution is -0.137. The molecule has 0 aliphatic carbocycles. The number of aromatic nitrogens is 5. The van der Waals surface area contributed by atoms with E-state index in [-0.39, 0.29) is 11.7 Å². The quantitative estimate of drug-likeness (QED) is 0.466. The van der Waals surface area contributed by atoms with E-state index in [0.717, 1.165) is 12.5 Å². The molecule has 0 saturated carbocycles. The third-order valence-corrected chi connectivity index (χ3v) is 5.56. The highest BCUT2D eigenvalue weighted by atomic mass is 19.4. The summed E-state index contributed by atoms with van der Waals surface area (Å²) in [7, 11) is 1.75. The molecule has 1 unspecified atom stereocenters. The highest BCUT2D eigenvalue weighted by molar-refractivity contribution is 5.94. The van der Waals surface area contributed by atoms with Crippen molar-refractivity contribution in [3.05, 3.63) is 53.7 Å². The number of nitrogens with one attached hydrogen (secondary N) is 2. The van der Waals surface area contributed by atoms with Crippen LogP contribution in [0.15, 0.2) is 36.8 Å². The Morgan fingerprint density at radius 3 is 2.68 bits per heavy atom. The van der Waals surface area contributed by atoms with E-state index in [1.165, 1.54) is 18.3 Å². The van der Waals surface area contributed by atoms with Crippen LogP contribution in [0.2, 0.25) is 0 Å². The molecule has 3 aromatic heterocycles. The fourth-order valence-electron chi connectivity index (χ4n) is 4.10. The minimum atomic E-state index is -4.73. The molecule has 2 N–H and O–H groups in total. The molecule has 5 rings (SSSR count). The number of hydrogen-bond donors (Lipinski definition) is 2. The maximum absolute atomic E-state index is 15.1. The molecule has 1 aliphatic rings. The molecule has 0 radical (unpaired) electrons.